The molecule has 1 aromatic carbocycles. The summed E-state index contributed by atoms with van der Waals surface area (Å²) < 4.78 is 13.9. The van der Waals surface area contributed by atoms with E-state index in [-0.39, 0.29) is 11.7 Å². The fourth-order valence-corrected chi connectivity index (χ4v) is 3.50. The third kappa shape index (κ3) is 3.41. The summed E-state index contributed by atoms with van der Waals surface area (Å²) in [5, 5.41) is 7.76. The van der Waals surface area contributed by atoms with E-state index in [1.165, 1.54) is 12.1 Å². The zero-order valence-electron chi connectivity index (χ0n) is 13.7. The van der Waals surface area contributed by atoms with E-state index >= 15 is 0 Å². The second-order valence-electron chi connectivity index (χ2n) is 5.77. The van der Waals surface area contributed by atoms with Crippen molar-refractivity contribution in [1.29, 1.82) is 0 Å². The molecule has 1 amide bonds. The molecule has 0 atom stereocenters. The zero-order valence-corrected chi connectivity index (χ0v) is 14.5. The molecule has 2 N–H and O–H groups in total. The van der Waals surface area contributed by atoms with Gasteiger partial charge in [-0.1, -0.05) is 6.07 Å². The molecule has 0 fully saturated rings. The Balaban J connectivity index is 1.67. The maximum atomic E-state index is 13.9. The SMILES string of the molecule is Cc1[nH]c2c(F)ccc(C)c2c1CCNC(=O)/C=C/c1ccsc1. The molecule has 0 bridgehead atoms. The molecule has 0 saturated carbocycles. The number of fused-ring (bicyclic) bond motifs is 1. The molecule has 0 aliphatic rings. The van der Waals surface area contributed by atoms with Crippen LogP contribution in [0.4, 0.5) is 4.39 Å². The molecule has 124 valence electrons. The Morgan fingerprint density at radius 1 is 1.33 bits per heavy atom. The van der Waals surface area contributed by atoms with Crippen molar-refractivity contribution < 1.29 is 9.18 Å². The minimum Gasteiger partial charge on any atom is -0.356 e. The number of rotatable bonds is 5. The molecule has 0 unspecified atom stereocenters. The Bertz CT molecular complexity index is 894. The van der Waals surface area contributed by atoms with Gasteiger partial charge < -0.3 is 10.3 Å². The minimum atomic E-state index is -0.243. The van der Waals surface area contributed by atoms with Crippen LogP contribution in [0.3, 0.4) is 0 Å². The lowest BCUT2D eigenvalue weighted by Gasteiger charge is -2.05. The van der Waals surface area contributed by atoms with Crippen molar-refractivity contribution in [2.45, 2.75) is 20.3 Å². The van der Waals surface area contributed by atoms with Gasteiger partial charge in [0.1, 0.15) is 5.82 Å². The highest BCUT2D eigenvalue weighted by Crippen LogP contribution is 2.27. The van der Waals surface area contributed by atoms with E-state index in [2.05, 4.69) is 10.3 Å². The summed E-state index contributed by atoms with van der Waals surface area (Å²) in [5.41, 5.74) is 4.61. The highest BCUT2D eigenvalue weighted by molar-refractivity contribution is 7.08. The normalized spacial score (nSPS) is 11.5. The molecule has 0 saturated heterocycles. The van der Waals surface area contributed by atoms with E-state index < -0.39 is 0 Å². The molecule has 3 aromatic rings. The van der Waals surface area contributed by atoms with Crippen molar-refractivity contribution in [3.63, 3.8) is 0 Å². The number of nitrogens with one attached hydrogen (secondary N) is 2. The average Bonchev–Trinajstić information content (AvgIpc) is 3.18. The molecule has 0 spiro atoms. The third-order valence-corrected chi connectivity index (χ3v) is 4.78. The zero-order chi connectivity index (χ0) is 17.1. The molecule has 3 nitrogen and oxygen atoms in total. The van der Waals surface area contributed by atoms with Crippen molar-refractivity contribution in [3.05, 3.63) is 63.2 Å². The molecule has 24 heavy (non-hydrogen) atoms. The highest BCUT2D eigenvalue weighted by atomic mass is 32.1. The first-order valence-corrected chi connectivity index (χ1v) is 8.75. The predicted molar refractivity (Wildman–Crippen MR) is 97.8 cm³/mol. The van der Waals surface area contributed by atoms with Gasteiger partial charge in [0.15, 0.2) is 0 Å². The number of halogens is 1. The predicted octanol–water partition coefficient (Wildman–Crippen LogP) is 4.36. The van der Waals surface area contributed by atoms with Crippen LogP contribution in [0.15, 0.2) is 35.0 Å². The third-order valence-electron chi connectivity index (χ3n) is 4.07. The highest BCUT2D eigenvalue weighted by Gasteiger charge is 2.13. The van der Waals surface area contributed by atoms with Crippen molar-refractivity contribution in [2.24, 2.45) is 0 Å². The second kappa shape index (κ2) is 7.01. The Morgan fingerprint density at radius 3 is 2.92 bits per heavy atom. The van der Waals surface area contributed by atoms with Crippen LogP contribution >= 0.6 is 11.3 Å². The summed E-state index contributed by atoms with van der Waals surface area (Å²) in [7, 11) is 0. The van der Waals surface area contributed by atoms with Crippen molar-refractivity contribution in [2.75, 3.05) is 6.54 Å². The molecule has 0 radical (unpaired) electrons. The number of carbonyl (C=O) groups excluding carboxylic acids is 1. The number of hydrogen-bond acceptors (Lipinski definition) is 2. The minimum absolute atomic E-state index is 0.124. The van der Waals surface area contributed by atoms with Crippen LogP contribution < -0.4 is 5.32 Å². The molecule has 3 rings (SSSR count). The van der Waals surface area contributed by atoms with Gasteiger partial charge in [-0.05, 0) is 65.9 Å². The number of thiophene rings is 1. The maximum Gasteiger partial charge on any atom is 0.244 e. The summed E-state index contributed by atoms with van der Waals surface area (Å²) >= 11 is 1.60. The van der Waals surface area contributed by atoms with Gasteiger partial charge in [0.05, 0.1) is 5.52 Å². The Labute approximate surface area is 144 Å². The van der Waals surface area contributed by atoms with E-state index in [9.17, 15) is 9.18 Å². The Hall–Kier alpha value is -2.40. The quantitative estimate of drug-likeness (QED) is 0.665. The molecule has 2 aromatic heterocycles. The first kappa shape index (κ1) is 16.5. The van der Waals surface area contributed by atoms with Crippen LogP contribution in [0, 0.1) is 19.7 Å². The van der Waals surface area contributed by atoms with Gasteiger partial charge in [0.2, 0.25) is 5.91 Å². The number of aryl methyl sites for hydroxylation is 2. The first-order valence-electron chi connectivity index (χ1n) is 7.80. The van der Waals surface area contributed by atoms with E-state index in [4.69, 9.17) is 0 Å². The van der Waals surface area contributed by atoms with Gasteiger partial charge in [-0.3, -0.25) is 4.79 Å². The first-order chi connectivity index (χ1) is 11.6. The number of benzene rings is 1. The van der Waals surface area contributed by atoms with Crippen molar-refractivity contribution in [1.82, 2.24) is 10.3 Å². The summed E-state index contributed by atoms with van der Waals surface area (Å²) in [5.74, 6) is -0.366. The van der Waals surface area contributed by atoms with E-state index in [1.807, 2.05) is 30.7 Å². The largest absolute Gasteiger partial charge is 0.356 e. The number of aromatic nitrogens is 1. The van der Waals surface area contributed by atoms with Gasteiger partial charge >= 0.3 is 0 Å². The Kier molecular flexibility index (Phi) is 4.81. The van der Waals surface area contributed by atoms with Gasteiger partial charge in [-0.25, -0.2) is 4.39 Å². The Morgan fingerprint density at radius 2 is 2.17 bits per heavy atom. The second-order valence-corrected chi connectivity index (χ2v) is 6.55. The van der Waals surface area contributed by atoms with Crippen LogP contribution in [0.25, 0.3) is 17.0 Å². The number of amides is 1. The van der Waals surface area contributed by atoms with E-state index in [0.29, 0.717) is 18.5 Å². The van der Waals surface area contributed by atoms with Crippen molar-refractivity contribution in [3.8, 4) is 0 Å². The number of carbonyl (C=O) groups is 1. The lowest BCUT2D eigenvalue weighted by atomic mass is 10.0. The summed E-state index contributed by atoms with van der Waals surface area (Å²) in [6.07, 6.45) is 3.99. The van der Waals surface area contributed by atoms with Crippen LogP contribution in [-0.4, -0.2) is 17.4 Å². The van der Waals surface area contributed by atoms with Gasteiger partial charge in [0, 0.05) is 23.7 Å². The fraction of sp³-hybridized carbons (Fsp3) is 0.211. The molecule has 2 heterocycles. The van der Waals surface area contributed by atoms with Gasteiger partial charge in [-0.2, -0.15) is 11.3 Å². The molecular formula is C19H19FN2OS. The number of aromatic amines is 1. The van der Waals surface area contributed by atoms with Crippen molar-refractivity contribution >= 4 is 34.2 Å². The molecular weight excluding hydrogens is 323 g/mol. The van der Waals surface area contributed by atoms with Crippen LogP contribution in [0.2, 0.25) is 0 Å². The maximum absolute atomic E-state index is 13.9. The number of hydrogen-bond donors (Lipinski definition) is 2. The van der Waals surface area contributed by atoms with Gasteiger partial charge in [-0.15, -0.1) is 0 Å². The van der Waals surface area contributed by atoms with Crippen LogP contribution in [0.5, 0.6) is 0 Å². The topological polar surface area (TPSA) is 44.9 Å². The van der Waals surface area contributed by atoms with Crippen LogP contribution in [-0.2, 0) is 11.2 Å². The monoisotopic (exact) mass is 342 g/mol. The average molecular weight is 342 g/mol. The summed E-state index contributed by atoms with van der Waals surface area (Å²) in [6.45, 7) is 4.42. The molecule has 0 aliphatic heterocycles. The molecule has 0 aliphatic carbocycles. The lowest BCUT2D eigenvalue weighted by molar-refractivity contribution is -0.116. The fourth-order valence-electron chi connectivity index (χ4n) is 2.87. The van der Waals surface area contributed by atoms with Gasteiger partial charge in [0.25, 0.3) is 0 Å². The smallest absolute Gasteiger partial charge is 0.244 e. The standard InChI is InChI=1S/C19H19FN2OS/c1-12-3-5-16(20)19-18(12)15(13(2)22-19)7-9-21-17(23)6-4-14-8-10-24-11-14/h3-6,8,10-11,22H,7,9H2,1-2H3,(H,21,23)/b6-4+. The van der Waals surface area contributed by atoms with Crippen LogP contribution in [0.1, 0.15) is 22.4 Å². The summed E-state index contributed by atoms with van der Waals surface area (Å²) in [6, 6.07) is 5.23. The van der Waals surface area contributed by atoms with E-state index in [1.54, 1.807) is 23.5 Å². The molecule has 5 heteroatoms. The summed E-state index contributed by atoms with van der Waals surface area (Å²) in [4.78, 5) is 15.0. The lowest BCUT2D eigenvalue weighted by Crippen LogP contribution is -2.23. The number of H-pyrrole nitrogens is 1. The van der Waals surface area contributed by atoms with E-state index in [0.717, 1.165) is 27.8 Å².